The summed E-state index contributed by atoms with van der Waals surface area (Å²) in [6.45, 7) is 38.9. The van der Waals surface area contributed by atoms with Crippen molar-refractivity contribution in [2.45, 2.75) is 215 Å². The Bertz CT molecular complexity index is 4620. The lowest BCUT2D eigenvalue weighted by atomic mass is 9.79. The molecule has 4 aromatic carbocycles. The predicted molar refractivity (Wildman–Crippen MR) is 426 cm³/mol. The molecule has 0 atom stereocenters. The molecule has 4 aromatic heterocycles. The molecule has 0 aliphatic carbocycles. The summed E-state index contributed by atoms with van der Waals surface area (Å²) in [6.07, 6.45) is -2.30. The van der Waals surface area contributed by atoms with Gasteiger partial charge in [0, 0.05) is 56.0 Å². The number of carbonyl (C=O) groups excluding carboxylic acids is 6. The van der Waals surface area contributed by atoms with E-state index in [9.17, 15) is 37.2 Å². The number of halogens is 1. The summed E-state index contributed by atoms with van der Waals surface area (Å²) in [7, 11) is -1.57. The largest absolute Gasteiger partial charge is 0.488 e. The Morgan fingerprint density at radius 1 is 0.473 bits per heavy atom. The number of benzene rings is 4. The highest BCUT2D eigenvalue weighted by molar-refractivity contribution is 9.10. The normalized spacial score (nSPS) is 11.8. The molecule has 30 nitrogen and oxygen atoms in total. The van der Waals surface area contributed by atoms with E-state index in [0.29, 0.717) is 61.4 Å². The van der Waals surface area contributed by atoms with Crippen molar-refractivity contribution in [3.63, 3.8) is 0 Å². The minimum Gasteiger partial charge on any atom is -0.444 e. The van der Waals surface area contributed by atoms with Crippen LogP contribution < -0.4 is 15.3 Å². The Morgan fingerprint density at radius 3 is 1.11 bits per heavy atom. The van der Waals surface area contributed by atoms with Gasteiger partial charge in [-0.05, 0) is 195 Å². The van der Waals surface area contributed by atoms with Gasteiger partial charge in [0.2, 0.25) is 0 Å². The maximum Gasteiger partial charge on any atom is 0.488 e. The number of sulfone groups is 1. The van der Waals surface area contributed by atoms with Crippen LogP contribution in [-0.2, 0) is 62.9 Å². The molecule has 6 amide bonds. The number of nitrogens with zero attached hydrogens (tertiary/aromatic N) is 10. The molecule has 0 aliphatic heterocycles. The molecule has 34 heteroatoms. The standard InChI is InChI=1S/C39H49N5O9S.C30H38BrN5O7.C9H13BO2.O2S/c1-24(2)54(48,49)28-19-17-27(18-20-28)30-22-40-33(44(35(46)51-38(6,7)8)36(47)52-39(9,10)11)32(41-30)31-21-29(42-53-31)26-15-13-25(14-16-26)23-43(12)34(45)50-37(3,4)5;1-28(2,3)40-25(37)35(10)17-18-11-13-19(14-12-18)20-15-21(43-34-20)23-24(32-16-22(31)33-23)36(26(38)41-29(4,5)6)27(39)42-30(7,8)9;1-7(2)8-3-5-9(6-4-8)10(11)12;1-3-2/h13-22,24H,23H2,1-12H3;11-16H,17H2,1-10H3;3-7,11-12H,1-2H3;. The van der Waals surface area contributed by atoms with Crippen LogP contribution >= 0.6 is 15.9 Å². The molecule has 0 aliphatic rings. The average molecular weight is 1650 g/mol. The second-order valence-corrected chi connectivity index (χ2v) is 35.4. The van der Waals surface area contributed by atoms with Crippen LogP contribution in [0.15, 0.2) is 140 Å². The van der Waals surface area contributed by atoms with Crippen LogP contribution in [-0.4, -0.2) is 164 Å². The second-order valence-electron chi connectivity index (χ2n) is 32.0. The molecule has 112 heavy (non-hydrogen) atoms. The number of amides is 6. The van der Waals surface area contributed by atoms with Crippen molar-refractivity contribution >= 4 is 98.1 Å². The molecular weight excluding hydrogens is 1550 g/mol. The third-order valence-electron chi connectivity index (χ3n) is 14.4. The smallest absolute Gasteiger partial charge is 0.444 e. The number of hydrogen-bond acceptors (Lipinski definition) is 26. The first kappa shape index (κ1) is 92.3. The Hall–Kier alpha value is -10.3. The summed E-state index contributed by atoms with van der Waals surface area (Å²) in [6, 6.07) is 31.3. The van der Waals surface area contributed by atoms with Crippen molar-refractivity contribution in [3.8, 4) is 56.7 Å². The topological polar surface area (TPSA) is 383 Å². The molecule has 0 saturated carbocycles. The molecule has 8 rings (SSSR count). The van der Waals surface area contributed by atoms with Crippen molar-refractivity contribution in [1.82, 2.24) is 40.0 Å². The SMILES string of the molecule is CC(C)S(=O)(=O)c1ccc(-c2cnc(N(C(=O)OC(C)(C)C)C(=O)OC(C)(C)C)c(-c3cc(-c4ccc(CN(C)C(=O)OC(C)(C)C)cc4)no3)n2)cc1.CC(C)c1ccc(B(O)O)cc1.CN(Cc1ccc(-c2cc(-c3nc(Br)cnc3N(C(=O)OC(C)(C)C)C(=O)OC(C)(C)C)on2)cc1)C(=O)OC(C)(C)C.O=S=O. The fourth-order valence-electron chi connectivity index (χ4n) is 9.37. The highest BCUT2D eigenvalue weighted by Gasteiger charge is 2.39. The fourth-order valence-corrected chi connectivity index (χ4v) is 10.7. The number of anilines is 2. The van der Waals surface area contributed by atoms with Gasteiger partial charge >= 0.3 is 55.2 Å². The molecule has 0 spiro atoms. The van der Waals surface area contributed by atoms with E-state index in [1.807, 2.05) is 81.4 Å². The zero-order valence-electron chi connectivity index (χ0n) is 67.6. The summed E-state index contributed by atoms with van der Waals surface area (Å²) >= 11 is 2.55. The van der Waals surface area contributed by atoms with E-state index in [-0.39, 0.29) is 45.1 Å². The third-order valence-corrected chi connectivity index (χ3v) is 17.0. The Morgan fingerprint density at radius 2 is 0.786 bits per heavy atom. The fraction of sp³-hybridized carbons (Fsp3) is 0.436. The van der Waals surface area contributed by atoms with E-state index in [0.717, 1.165) is 16.7 Å². The van der Waals surface area contributed by atoms with Gasteiger partial charge in [-0.15, -0.1) is 0 Å². The third kappa shape index (κ3) is 28.8. The minimum absolute atomic E-state index is 0.0440. The molecule has 0 saturated heterocycles. The monoisotopic (exact) mass is 1650 g/mol. The van der Waals surface area contributed by atoms with Gasteiger partial charge in [-0.25, -0.2) is 57.1 Å². The number of imide groups is 2. The summed E-state index contributed by atoms with van der Waals surface area (Å²) in [5.41, 5.74) is 1.52. The Balaban J connectivity index is 0.000000343. The first-order chi connectivity index (χ1) is 51.6. The maximum atomic E-state index is 13.7. The van der Waals surface area contributed by atoms with E-state index >= 15 is 0 Å². The molecule has 604 valence electrons. The average Bonchev–Trinajstić information content (AvgIpc) is 1.44. The molecule has 0 fully saturated rings. The number of aromatic nitrogens is 6. The van der Waals surface area contributed by atoms with Crippen molar-refractivity contribution in [2.75, 3.05) is 23.9 Å². The maximum absolute atomic E-state index is 13.7. The van der Waals surface area contributed by atoms with Crippen LogP contribution in [0.25, 0.3) is 56.7 Å². The van der Waals surface area contributed by atoms with E-state index in [1.165, 1.54) is 39.9 Å². The van der Waals surface area contributed by atoms with E-state index in [4.69, 9.17) is 60.9 Å². The zero-order valence-corrected chi connectivity index (χ0v) is 70.8. The molecule has 8 aromatic rings. The van der Waals surface area contributed by atoms with Gasteiger partial charge in [0.1, 0.15) is 49.6 Å². The lowest BCUT2D eigenvalue weighted by molar-refractivity contribution is 0.0275. The second kappa shape index (κ2) is 38.3. The number of ether oxygens (including phenoxy) is 6. The van der Waals surface area contributed by atoms with Gasteiger partial charge in [0.25, 0.3) is 0 Å². The van der Waals surface area contributed by atoms with E-state index in [2.05, 4.69) is 55.0 Å². The predicted octanol–water partition coefficient (Wildman–Crippen LogP) is 16.1. The van der Waals surface area contributed by atoms with E-state index < -0.39 is 104 Å². The van der Waals surface area contributed by atoms with Crippen LogP contribution in [0.4, 0.5) is 40.4 Å². The van der Waals surface area contributed by atoms with Gasteiger partial charge in [0.05, 0.1) is 28.2 Å². The number of hydrogen-bond donors (Lipinski definition) is 2. The first-order valence-corrected chi connectivity index (χ1v) is 38.2. The number of rotatable bonds is 15. The summed E-state index contributed by atoms with van der Waals surface area (Å²) in [4.78, 5) is 101. The van der Waals surface area contributed by atoms with Crippen LogP contribution in [0.2, 0.25) is 0 Å². The van der Waals surface area contributed by atoms with E-state index in [1.54, 1.807) is 168 Å². The van der Waals surface area contributed by atoms with Gasteiger partial charge in [-0.1, -0.05) is 109 Å². The lowest BCUT2D eigenvalue weighted by Gasteiger charge is -2.28. The highest BCUT2D eigenvalue weighted by atomic mass is 79.9. The molecule has 2 N–H and O–H groups in total. The molecular formula is C78H100BBrN10O20S2. The van der Waals surface area contributed by atoms with Gasteiger partial charge in [-0.2, -0.15) is 18.2 Å². The van der Waals surface area contributed by atoms with Crippen molar-refractivity contribution in [1.29, 1.82) is 0 Å². The Labute approximate surface area is 666 Å². The van der Waals surface area contributed by atoms with Crippen LogP contribution in [0.3, 0.4) is 0 Å². The molecule has 0 bridgehead atoms. The lowest BCUT2D eigenvalue weighted by Crippen LogP contribution is -2.44. The van der Waals surface area contributed by atoms with Crippen LogP contribution in [0, 0.1) is 0 Å². The van der Waals surface area contributed by atoms with Gasteiger partial charge in [0.15, 0.2) is 44.4 Å². The van der Waals surface area contributed by atoms with Gasteiger partial charge < -0.3 is 57.3 Å². The summed E-state index contributed by atoms with van der Waals surface area (Å²) in [5, 5.41) is 25.4. The first-order valence-electron chi connectivity index (χ1n) is 35.2. The number of carbonyl (C=O) groups is 6. The molecule has 0 unspecified atom stereocenters. The summed E-state index contributed by atoms with van der Waals surface area (Å²) < 4.78 is 86.8. The van der Waals surface area contributed by atoms with Gasteiger partial charge in [-0.3, -0.25) is 0 Å². The quantitative estimate of drug-likeness (QED) is 0.0711. The highest BCUT2D eigenvalue weighted by Crippen LogP contribution is 2.37. The summed E-state index contributed by atoms with van der Waals surface area (Å²) in [5.74, 6) is 0.276. The van der Waals surface area contributed by atoms with Crippen LogP contribution in [0.1, 0.15) is 175 Å². The molecule has 4 heterocycles. The van der Waals surface area contributed by atoms with Crippen molar-refractivity contribution < 1.29 is 93.1 Å². The van der Waals surface area contributed by atoms with Crippen molar-refractivity contribution in [2.24, 2.45) is 0 Å². The Kier molecular flexibility index (Phi) is 31.6. The van der Waals surface area contributed by atoms with Crippen molar-refractivity contribution in [3.05, 3.63) is 143 Å². The molecule has 0 radical (unpaired) electrons. The minimum atomic E-state index is -3.53. The zero-order chi connectivity index (χ0) is 84.6. The van der Waals surface area contributed by atoms with Crippen LogP contribution in [0.5, 0.6) is 0 Å².